The van der Waals surface area contributed by atoms with Gasteiger partial charge >= 0.3 is 0 Å². The monoisotopic (exact) mass is 351 g/mol. The zero-order valence-electron chi connectivity index (χ0n) is 12.9. The van der Waals surface area contributed by atoms with E-state index in [2.05, 4.69) is 29.8 Å². The maximum Gasteiger partial charge on any atom is 0.227 e. The molecule has 1 heterocycles. The molecule has 3 nitrogen and oxygen atoms in total. The molecular weight excluding hydrogens is 330 g/mol. The van der Waals surface area contributed by atoms with E-state index >= 15 is 0 Å². The zero-order chi connectivity index (χ0) is 15.6. The molecular formula is C17H22BrNO2. The number of rotatable bonds is 5. The van der Waals surface area contributed by atoms with Crippen LogP contribution in [0.15, 0.2) is 18.2 Å². The number of Topliss-reactive ketones (excluding diaryl/α,β-unsaturated/α-hetero) is 1. The molecule has 2 unspecified atom stereocenters. The Morgan fingerprint density at radius 3 is 2.76 bits per heavy atom. The molecule has 0 aliphatic carbocycles. The summed E-state index contributed by atoms with van der Waals surface area (Å²) in [7, 11) is 0. The fourth-order valence-corrected chi connectivity index (χ4v) is 3.11. The van der Waals surface area contributed by atoms with Crippen LogP contribution in [0.3, 0.4) is 0 Å². The number of hydrogen-bond donors (Lipinski definition) is 0. The molecule has 1 amide bonds. The van der Waals surface area contributed by atoms with Gasteiger partial charge in [-0.2, -0.15) is 0 Å². The Hall–Kier alpha value is -1.16. The highest BCUT2D eigenvalue weighted by molar-refractivity contribution is 9.10. The molecule has 0 spiro atoms. The molecule has 0 bridgehead atoms. The highest BCUT2D eigenvalue weighted by Crippen LogP contribution is 2.34. The number of nitrogens with zero attached hydrogens (tertiary/aromatic N) is 1. The lowest BCUT2D eigenvalue weighted by Gasteiger charge is -2.22. The average molecular weight is 352 g/mol. The molecule has 0 aromatic heterocycles. The number of fused-ring (bicyclic) bond motifs is 1. The fraction of sp³-hybridized carbons (Fsp3) is 0.529. The molecule has 1 aromatic carbocycles. The number of amides is 1. The minimum Gasteiger partial charge on any atom is -0.309 e. The Kier molecular flexibility index (Phi) is 5.20. The molecule has 0 fully saturated rings. The second-order valence-electron chi connectivity index (χ2n) is 5.74. The molecule has 4 heteroatoms. The van der Waals surface area contributed by atoms with Gasteiger partial charge in [-0.05, 0) is 50.5 Å². The standard InChI is InChI=1S/C17H22BrNO2/c1-4-5-6-16(20)19-11(2)9-14-10-13(7-8-15(14)19)17(21)12(3)18/h7-8,10-12H,4-6,9H2,1-3H3. The van der Waals surface area contributed by atoms with Crippen LogP contribution in [-0.2, 0) is 11.2 Å². The summed E-state index contributed by atoms with van der Waals surface area (Å²) in [6.07, 6.45) is 3.37. The first-order valence-corrected chi connectivity index (χ1v) is 8.50. The lowest BCUT2D eigenvalue weighted by Crippen LogP contribution is -2.35. The molecule has 1 aliphatic heterocycles. The first-order valence-electron chi connectivity index (χ1n) is 7.59. The van der Waals surface area contributed by atoms with Crippen molar-refractivity contribution in [2.24, 2.45) is 0 Å². The summed E-state index contributed by atoms with van der Waals surface area (Å²) in [5.74, 6) is 0.275. The Morgan fingerprint density at radius 2 is 2.14 bits per heavy atom. The van der Waals surface area contributed by atoms with Crippen molar-refractivity contribution in [1.82, 2.24) is 0 Å². The van der Waals surface area contributed by atoms with Crippen LogP contribution in [0, 0.1) is 0 Å². The van der Waals surface area contributed by atoms with Crippen LogP contribution in [0.1, 0.15) is 56.0 Å². The number of unbranched alkanes of at least 4 members (excludes halogenated alkanes) is 1. The first-order chi connectivity index (χ1) is 9.95. The molecule has 0 saturated heterocycles. The van der Waals surface area contributed by atoms with Crippen LogP contribution in [0.5, 0.6) is 0 Å². The van der Waals surface area contributed by atoms with E-state index in [1.807, 2.05) is 30.0 Å². The maximum absolute atomic E-state index is 12.4. The maximum atomic E-state index is 12.4. The van der Waals surface area contributed by atoms with E-state index in [-0.39, 0.29) is 22.6 Å². The predicted octanol–water partition coefficient (Wildman–Crippen LogP) is 4.12. The summed E-state index contributed by atoms with van der Waals surface area (Å²) in [5.41, 5.74) is 2.79. The molecule has 21 heavy (non-hydrogen) atoms. The Balaban J connectivity index is 2.26. The van der Waals surface area contributed by atoms with E-state index in [1.54, 1.807) is 0 Å². The first kappa shape index (κ1) is 16.2. The third kappa shape index (κ3) is 3.37. The number of ketones is 1. The second kappa shape index (κ2) is 6.73. The van der Waals surface area contributed by atoms with E-state index in [4.69, 9.17) is 0 Å². The molecule has 0 N–H and O–H groups in total. The summed E-state index contributed by atoms with van der Waals surface area (Å²) in [6.45, 7) is 5.99. The van der Waals surface area contributed by atoms with Gasteiger partial charge in [0.15, 0.2) is 5.78 Å². The molecule has 1 aromatic rings. The third-order valence-corrected chi connectivity index (χ3v) is 4.37. The van der Waals surface area contributed by atoms with Crippen LogP contribution in [-0.4, -0.2) is 22.6 Å². The number of halogens is 1. The summed E-state index contributed by atoms with van der Waals surface area (Å²) >= 11 is 3.32. The topological polar surface area (TPSA) is 37.4 Å². The summed E-state index contributed by atoms with van der Waals surface area (Å²) in [4.78, 5) is 26.1. The minimum atomic E-state index is -0.184. The van der Waals surface area contributed by atoms with Gasteiger partial charge in [-0.15, -0.1) is 0 Å². The number of alkyl halides is 1. The fourth-order valence-electron chi connectivity index (χ4n) is 2.84. The number of carbonyl (C=O) groups is 2. The van der Waals surface area contributed by atoms with Gasteiger partial charge in [-0.1, -0.05) is 29.3 Å². The van der Waals surface area contributed by atoms with E-state index in [0.717, 1.165) is 30.5 Å². The molecule has 2 rings (SSSR count). The Labute approximate surface area is 134 Å². The van der Waals surface area contributed by atoms with Crippen LogP contribution < -0.4 is 4.90 Å². The Bertz CT molecular complexity index is 554. The van der Waals surface area contributed by atoms with Crippen molar-refractivity contribution in [1.29, 1.82) is 0 Å². The third-order valence-electron chi connectivity index (χ3n) is 3.95. The predicted molar refractivity (Wildman–Crippen MR) is 89.3 cm³/mol. The van der Waals surface area contributed by atoms with Crippen LogP contribution in [0.2, 0.25) is 0 Å². The van der Waals surface area contributed by atoms with E-state index in [0.29, 0.717) is 12.0 Å². The van der Waals surface area contributed by atoms with Gasteiger partial charge in [-0.25, -0.2) is 0 Å². The molecule has 0 saturated carbocycles. The highest BCUT2D eigenvalue weighted by atomic mass is 79.9. The van der Waals surface area contributed by atoms with Crippen molar-refractivity contribution in [3.8, 4) is 0 Å². The largest absolute Gasteiger partial charge is 0.309 e. The normalized spacial score (nSPS) is 18.5. The van der Waals surface area contributed by atoms with Crippen molar-refractivity contribution in [3.63, 3.8) is 0 Å². The summed E-state index contributed by atoms with van der Waals surface area (Å²) in [5, 5.41) is 0. The number of anilines is 1. The molecule has 2 atom stereocenters. The second-order valence-corrected chi connectivity index (χ2v) is 7.12. The zero-order valence-corrected chi connectivity index (χ0v) is 14.4. The van der Waals surface area contributed by atoms with Crippen molar-refractivity contribution in [3.05, 3.63) is 29.3 Å². The van der Waals surface area contributed by atoms with Gasteiger partial charge < -0.3 is 4.90 Å². The Morgan fingerprint density at radius 1 is 1.43 bits per heavy atom. The highest BCUT2D eigenvalue weighted by Gasteiger charge is 2.31. The van der Waals surface area contributed by atoms with Crippen molar-refractivity contribution >= 4 is 33.3 Å². The van der Waals surface area contributed by atoms with Gasteiger partial charge in [0.2, 0.25) is 5.91 Å². The lowest BCUT2D eigenvalue weighted by molar-refractivity contribution is -0.119. The van der Waals surface area contributed by atoms with Gasteiger partial charge in [0.25, 0.3) is 0 Å². The van der Waals surface area contributed by atoms with E-state index < -0.39 is 0 Å². The average Bonchev–Trinajstić information content (AvgIpc) is 2.78. The number of hydrogen-bond acceptors (Lipinski definition) is 2. The van der Waals surface area contributed by atoms with E-state index in [1.165, 1.54) is 0 Å². The smallest absolute Gasteiger partial charge is 0.227 e. The molecule has 0 radical (unpaired) electrons. The summed E-state index contributed by atoms with van der Waals surface area (Å²) < 4.78 is 0. The number of benzene rings is 1. The van der Waals surface area contributed by atoms with Crippen molar-refractivity contribution in [2.75, 3.05) is 4.90 Å². The van der Waals surface area contributed by atoms with Crippen LogP contribution in [0.25, 0.3) is 0 Å². The van der Waals surface area contributed by atoms with Crippen molar-refractivity contribution in [2.45, 2.75) is 57.3 Å². The summed E-state index contributed by atoms with van der Waals surface area (Å²) in [6, 6.07) is 5.87. The van der Waals surface area contributed by atoms with Crippen LogP contribution >= 0.6 is 15.9 Å². The quantitative estimate of drug-likeness (QED) is 0.591. The minimum absolute atomic E-state index is 0.0845. The van der Waals surface area contributed by atoms with Gasteiger partial charge in [0, 0.05) is 23.7 Å². The van der Waals surface area contributed by atoms with Gasteiger partial charge in [-0.3, -0.25) is 9.59 Å². The van der Waals surface area contributed by atoms with Gasteiger partial charge in [0.1, 0.15) is 0 Å². The molecule has 114 valence electrons. The van der Waals surface area contributed by atoms with Crippen LogP contribution in [0.4, 0.5) is 5.69 Å². The lowest BCUT2D eigenvalue weighted by atomic mass is 10.0. The van der Waals surface area contributed by atoms with Crippen molar-refractivity contribution < 1.29 is 9.59 Å². The van der Waals surface area contributed by atoms with E-state index in [9.17, 15) is 9.59 Å². The van der Waals surface area contributed by atoms with Gasteiger partial charge in [0.05, 0.1) is 4.83 Å². The number of carbonyl (C=O) groups excluding carboxylic acids is 2. The molecule has 1 aliphatic rings. The SMILES string of the molecule is CCCCC(=O)N1c2ccc(C(=O)C(C)Br)cc2CC1C.